The van der Waals surface area contributed by atoms with Gasteiger partial charge in [-0.05, 0) is 25.8 Å². The Labute approximate surface area is 145 Å². The molecule has 0 spiro atoms. The van der Waals surface area contributed by atoms with Crippen LogP contribution in [0.1, 0.15) is 43.4 Å². The number of nitrogens with zero attached hydrogens (tertiary/aromatic N) is 3. The molecule has 0 aliphatic heterocycles. The summed E-state index contributed by atoms with van der Waals surface area (Å²) >= 11 is 3.35. The van der Waals surface area contributed by atoms with E-state index >= 15 is 0 Å². The van der Waals surface area contributed by atoms with Crippen LogP contribution >= 0.6 is 23.1 Å². The zero-order valence-electron chi connectivity index (χ0n) is 13.7. The zero-order valence-corrected chi connectivity index (χ0v) is 15.4. The van der Waals surface area contributed by atoms with Crippen molar-refractivity contribution >= 4 is 39.2 Å². The fraction of sp³-hybridized carbons (Fsp3) is 0.588. The third-order valence-electron chi connectivity index (χ3n) is 4.49. The van der Waals surface area contributed by atoms with Crippen molar-refractivity contribution in [3.63, 3.8) is 0 Å². The number of thiophene rings is 1. The monoisotopic (exact) mass is 349 g/mol. The van der Waals surface area contributed by atoms with E-state index in [1.54, 1.807) is 29.4 Å². The predicted octanol–water partition coefficient (Wildman–Crippen LogP) is 4.27. The van der Waals surface area contributed by atoms with Crippen LogP contribution in [0.4, 0.5) is 0 Å². The fourth-order valence-corrected chi connectivity index (χ4v) is 4.97. The largest absolute Gasteiger partial charge is 0.343 e. The molecule has 0 bridgehead atoms. The van der Waals surface area contributed by atoms with Crippen LogP contribution in [0.3, 0.4) is 0 Å². The first-order chi connectivity index (χ1) is 11.1. The summed E-state index contributed by atoms with van der Waals surface area (Å²) in [5.74, 6) is 1.04. The molecule has 0 atom stereocenters. The highest BCUT2D eigenvalue weighted by atomic mass is 32.2. The number of hydrogen-bond acceptors (Lipinski definition) is 5. The maximum Gasteiger partial charge on any atom is 0.223 e. The van der Waals surface area contributed by atoms with Crippen LogP contribution in [-0.2, 0) is 4.79 Å². The number of carbonyl (C=O) groups is 1. The smallest absolute Gasteiger partial charge is 0.223 e. The van der Waals surface area contributed by atoms with Crippen LogP contribution in [-0.4, -0.2) is 39.6 Å². The Morgan fingerprint density at radius 1 is 1.35 bits per heavy atom. The first-order valence-electron chi connectivity index (χ1n) is 8.25. The van der Waals surface area contributed by atoms with E-state index in [9.17, 15) is 4.79 Å². The molecule has 1 fully saturated rings. The summed E-state index contributed by atoms with van der Waals surface area (Å²) in [6, 6.07) is 2.59. The van der Waals surface area contributed by atoms with Gasteiger partial charge in [-0.15, -0.1) is 23.1 Å². The van der Waals surface area contributed by atoms with Gasteiger partial charge in [0.25, 0.3) is 0 Å². The van der Waals surface area contributed by atoms with Crippen molar-refractivity contribution in [3.8, 4) is 0 Å². The second-order valence-electron chi connectivity index (χ2n) is 6.15. The molecule has 0 unspecified atom stereocenters. The Hall–Kier alpha value is -1.14. The molecule has 1 amide bonds. The van der Waals surface area contributed by atoms with Crippen molar-refractivity contribution in [1.82, 2.24) is 14.9 Å². The molecule has 4 nitrogen and oxygen atoms in total. The van der Waals surface area contributed by atoms with Crippen LogP contribution in [0.15, 0.2) is 17.4 Å². The molecule has 0 radical (unpaired) electrons. The lowest BCUT2D eigenvalue weighted by Crippen LogP contribution is -2.38. The standard InChI is InChI=1S/C17H23N3OS2/c1-12-10-14-16(18-11-19-17(14)23-12)22-9-8-15(21)20(2)13-6-4-3-5-7-13/h10-11,13H,3-9H2,1-2H3. The third kappa shape index (κ3) is 4.04. The number of hydrogen-bond donors (Lipinski definition) is 0. The summed E-state index contributed by atoms with van der Waals surface area (Å²) in [4.78, 5) is 25.3. The topological polar surface area (TPSA) is 46.1 Å². The summed E-state index contributed by atoms with van der Waals surface area (Å²) in [5.41, 5.74) is 0. The molecule has 1 aliphatic carbocycles. The lowest BCUT2D eigenvalue weighted by Gasteiger charge is -2.31. The van der Waals surface area contributed by atoms with Crippen LogP contribution in [0.5, 0.6) is 0 Å². The van der Waals surface area contributed by atoms with E-state index < -0.39 is 0 Å². The highest BCUT2D eigenvalue weighted by Crippen LogP contribution is 2.30. The van der Waals surface area contributed by atoms with E-state index in [-0.39, 0.29) is 5.91 Å². The Balaban J connectivity index is 1.54. The van der Waals surface area contributed by atoms with E-state index in [4.69, 9.17) is 0 Å². The van der Waals surface area contributed by atoms with Crippen molar-refractivity contribution in [1.29, 1.82) is 0 Å². The Morgan fingerprint density at radius 3 is 2.91 bits per heavy atom. The minimum Gasteiger partial charge on any atom is -0.343 e. The normalized spacial score (nSPS) is 15.9. The lowest BCUT2D eigenvalue weighted by atomic mass is 9.94. The second-order valence-corrected chi connectivity index (χ2v) is 8.47. The van der Waals surface area contributed by atoms with E-state index in [1.807, 2.05) is 11.9 Å². The summed E-state index contributed by atoms with van der Waals surface area (Å²) in [7, 11) is 1.97. The van der Waals surface area contributed by atoms with Crippen LogP contribution in [0.2, 0.25) is 0 Å². The molecule has 2 heterocycles. The molecule has 0 saturated heterocycles. The fourth-order valence-electron chi connectivity index (χ4n) is 3.15. The number of thioether (sulfide) groups is 1. The number of aryl methyl sites for hydroxylation is 1. The highest BCUT2D eigenvalue weighted by molar-refractivity contribution is 7.99. The minimum absolute atomic E-state index is 0.260. The SMILES string of the molecule is Cc1cc2c(SCCC(=O)N(C)C3CCCCC3)ncnc2s1. The molecule has 2 aromatic rings. The zero-order chi connectivity index (χ0) is 16.2. The number of aromatic nitrogens is 2. The quantitative estimate of drug-likeness (QED) is 0.597. The first-order valence-corrected chi connectivity index (χ1v) is 10.0. The molecule has 0 aromatic carbocycles. The molecule has 23 heavy (non-hydrogen) atoms. The molecule has 0 N–H and O–H groups in total. The number of amides is 1. The maximum absolute atomic E-state index is 12.4. The van der Waals surface area contributed by atoms with E-state index in [0.29, 0.717) is 12.5 Å². The Bertz CT molecular complexity index is 680. The Kier molecular flexibility index (Phi) is 5.54. The first kappa shape index (κ1) is 16.7. The molecule has 3 rings (SSSR count). The van der Waals surface area contributed by atoms with Gasteiger partial charge < -0.3 is 4.90 Å². The van der Waals surface area contributed by atoms with E-state index in [0.717, 1.165) is 33.8 Å². The van der Waals surface area contributed by atoms with Gasteiger partial charge in [0, 0.05) is 35.5 Å². The van der Waals surface area contributed by atoms with Crippen molar-refractivity contribution in [3.05, 3.63) is 17.3 Å². The molecule has 6 heteroatoms. The average molecular weight is 350 g/mol. The van der Waals surface area contributed by atoms with Gasteiger partial charge in [-0.2, -0.15) is 0 Å². The van der Waals surface area contributed by atoms with Gasteiger partial charge in [-0.25, -0.2) is 9.97 Å². The van der Waals surface area contributed by atoms with Crippen LogP contribution in [0, 0.1) is 6.92 Å². The van der Waals surface area contributed by atoms with E-state index in [2.05, 4.69) is 23.0 Å². The molecule has 1 aliphatic rings. The van der Waals surface area contributed by atoms with Gasteiger partial charge in [0.1, 0.15) is 16.2 Å². The number of carbonyl (C=O) groups excluding carboxylic acids is 1. The van der Waals surface area contributed by atoms with Gasteiger partial charge in [-0.3, -0.25) is 4.79 Å². The lowest BCUT2D eigenvalue weighted by molar-refractivity contribution is -0.132. The molecule has 2 aromatic heterocycles. The summed E-state index contributed by atoms with van der Waals surface area (Å²) in [6.07, 6.45) is 8.36. The van der Waals surface area contributed by atoms with Crippen molar-refractivity contribution in [2.45, 2.75) is 56.5 Å². The average Bonchev–Trinajstić information content (AvgIpc) is 2.96. The molecular weight excluding hydrogens is 326 g/mol. The van der Waals surface area contributed by atoms with Crippen LogP contribution in [0.25, 0.3) is 10.2 Å². The van der Waals surface area contributed by atoms with Crippen molar-refractivity contribution < 1.29 is 4.79 Å². The Morgan fingerprint density at radius 2 is 2.13 bits per heavy atom. The molecule has 1 saturated carbocycles. The van der Waals surface area contributed by atoms with Gasteiger partial charge in [0.2, 0.25) is 5.91 Å². The van der Waals surface area contributed by atoms with Crippen molar-refractivity contribution in [2.75, 3.05) is 12.8 Å². The van der Waals surface area contributed by atoms with Crippen molar-refractivity contribution in [2.24, 2.45) is 0 Å². The minimum atomic E-state index is 0.260. The summed E-state index contributed by atoms with van der Waals surface area (Å²) < 4.78 is 0. The maximum atomic E-state index is 12.4. The van der Waals surface area contributed by atoms with Gasteiger partial charge in [-0.1, -0.05) is 19.3 Å². The van der Waals surface area contributed by atoms with Crippen LogP contribution < -0.4 is 0 Å². The molecular formula is C17H23N3OS2. The predicted molar refractivity (Wildman–Crippen MR) is 97.1 cm³/mol. The van der Waals surface area contributed by atoms with Gasteiger partial charge in [0.15, 0.2) is 0 Å². The number of fused-ring (bicyclic) bond motifs is 1. The number of rotatable bonds is 5. The van der Waals surface area contributed by atoms with Gasteiger partial charge >= 0.3 is 0 Å². The second kappa shape index (κ2) is 7.62. The van der Waals surface area contributed by atoms with Gasteiger partial charge in [0.05, 0.1) is 0 Å². The summed E-state index contributed by atoms with van der Waals surface area (Å²) in [6.45, 7) is 2.09. The highest BCUT2D eigenvalue weighted by Gasteiger charge is 2.21. The van der Waals surface area contributed by atoms with E-state index in [1.165, 1.54) is 24.1 Å². The summed E-state index contributed by atoms with van der Waals surface area (Å²) in [5, 5.41) is 2.11. The third-order valence-corrected chi connectivity index (χ3v) is 6.45. The molecule has 124 valence electrons.